The Morgan fingerprint density at radius 1 is 1.14 bits per heavy atom. The number of ether oxygens (including phenoxy) is 1. The fourth-order valence-electron chi connectivity index (χ4n) is 3.40. The molecular formula is C20H26IN5O3. The molecule has 1 aliphatic heterocycles. The van der Waals surface area contributed by atoms with Crippen molar-refractivity contribution in [3.63, 3.8) is 0 Å². The number of para-hydroxylation sites is 3. The smallest absolute Gasteiger partial charge is 0.274 e. The van der Waals surface area contributed by atoms with Crippen molar-refractivity contribution in [3.8, 4) is 5.75 Å². The Kier molecular flexibility index (Phi) is 8.50. The van der Waals surface area contributed by atoms with E-state index in [-0.39, 0.29) is 34.6 Å². The normalized spacial score (nSPS) is 14.2. The number of rotatable bonds is 5. The van der Waals surface area contributed by atoms with Crippen molar-refractivity contribution in [3.05, 3.63) is 64.2 Å². The minimum atomic E-state index is -0.355. The van der Waals surface area contributed by atoms with Crippen LogP contribution >= 0.6 is 24.0 Å². The number of nitrogens with zero attached hydrogens (tertiary/aromatic N) is 4. The zero-order valence-electron chi connectivity index (χ0n) is 16.6. The summed E-state index contributed by atoms with van der Waals surface area (Å²) in [6.45, 7) is 3.64. The average molecular weight is 511 g/mol. The number of nitro benzene ring substituents is 1. The van der Waals surface area contributed by atoms with Crippen LogP contribution in [0.5, 0.6) is 5.75 Å². The summed E-state index contributed by atoms with van der Waals surface area (Å²) in [5.74, 6) is 1.62. The zero-order chi connectivity index (χ0) is 19.9. The molecule has 0 aliphatic carbocycles. The van der Waals surface area contributed by atoms with Crippen LogP contribution in [-0.2, 0) is 6.54 Å². The molecular weight excluding hydrogens is 485 g/mol. The number of aliphatic imine (C=N–C) groups is 1. The van der Waals surface area contributed by atoms with Gasteiger partial charge in [-0.25, -0.2) is 0 Å². The van der Waals surface area contributed by atoms with E-state index >= 15 is 0 Å². The maximum absolute atomic E-state index is 11.2. The van der Waals surface area contributed by atoms with E-state index in [0.717, 1.165) is 43.6 Å². The number of guanidine groups is 1. The molecule has 1 fully saturated rings. The van der Waals surface area contributed by atoms with E-state index in [0.29, 0.717) is 12.1 Å². The molecule has 0 atom stereocenters. The Morgan fingerprint density at radius 3 is 2.45 bits per heavy atom. The number of methoxy groups -OCH3 is 1. The summed E-state index contributed by atoms with van der Waals surface area (Å²) in [5, 5.41) is 14.4. The molecule has 0 aromatic heterocycles. The molecule has 0 amide bonds. The van der Waals surface area contributed by atoms with Crippen LogP contribution in [0.3, 0.4) is 0 Å². The van der Waals surface area contributed by atoms with Gasteiger partial charge in [0, 0.05) is 51.4 Å². The highest BCUT2D eigenvalue weighted by Gasteiger charge is 2.22. The summed E-state index contributed by atoms with van der Waals surface area (Å²) in [4.78, 5) is 19.6. The maximum Gasteiger partial charge on any atom is 0.274 e. The first-order chi connectivity index (χ1) is 13.6. The predicted molar refractivity (Wildman–Crippen MR) is 125 cm³/mol. The number of hydrogen-bond acceptors (Lipinski definition) is 5. The van der Waals surface area contributed by atoms with Crippen molar-refractivity contribution in [2.75, 3.05) is 45.2 Å². The van der Waals surface area contributed by atoms with Gasteiger partial charge in [-0.3, -0.25) is 15.1 Å². The fourth-order valence-corrected chi connectivity index (χ4v) is 3.40. The largest absolute Gasteiger partial charge is 0.495 e. The zero-order valence-corrected chi connectivity index (χ0v) is 18.9. The lowest BCUT2D eigenvalue weighted by atomic mass is 10.2. The van der Waals surface area contributed by atoms with Gasteiger partial charge in [-0.1, -0.05) is 30.3 Å². The fraction of sp³-hybridized carbons (Fsp3) is 0.350. The highest BCUT2D eigenvalue weighted by atomic mass is 127. The first-order valence-corrected chi connectivity index (χ1v) is 9.20. The summed E-state index contributed by atoms with van der Waals surface area (Å²) in [6.07, 6.45) is 0. The maximum atomic E-state index is 11.2. The second-order valence-electron chi connectivity index (χ2n) is 6.43. The Bertz CT molecular complexity index is 854. The summed E-state index contributed by atoms with van der Waals surface area (Å²) in [7, 11) is 3.41. The number of nitrogens with one attached hydrogen (secondary N) is 1. The molecule has 8 nitrogen and oxygen atoms in total. The summed E-state index contributed by atoms with van der Waals surface area (Å²) in [5.41, 5.74) is 1.85. The number of nitro groups is 1. The average Bonchev–Trinajstić information content (AvgIpc) is 2.74. The number of benzene rings is 2. The standard InChI is InChI=1S/C20H25N5O3.HI/c1-21-20(22-15-16-7-3-4-8-17(16)25(26)27)24-13-11-23(12-14-24)18-9-5-6-10-19(18)28-2;/h3-10H,11-15H2,1-2H3,(H,21,22);1H. The van der Waals surface area contributed by atoms with Gasteiger partial charge in [0.25, 0.3) is 5.69 Å². The first-order valence-electron chi connectivity index (χ1n) is 9.20. The third-order valence-corrected chi connectivity index (χ3v) is 4.84. The number of halogens is 1. The Morgan fingerprint density at radius 2 is 1.79 bits per heavy atom. The minimum Gasteiger partial charge on any atom is -0.495 e. The topological polar surface area (TPSA) is 83.2 Å². The van der Waals surface area contributed by atoms with Crippen LogP contribution in [0, 0.1) is 10.1 Å². The van der Waals surface area contributed by atoms with Crippen LogP contribution in [0.2, 0.25) is 0 Å². The van der Waals surface area contributed by atoms with Crippen LogP contribution < -0.4 is 15.0 Å². The van der Waals surface area contributed by atoms with E-state index in [2.05, 4.69) is 26.2 Å². The molecule has 1 saturated heterocycles. The van der Waals surface area contributed by atoms with Crippen molar-refractivity contribution in [1.82, 2.24) is 10.2 Å². The molecule has 0 unspecified atom stereocenters. The number of anilines is 1. The van der Waals surface area contributed by atoms with Gasteiger partial charge in [0.1, 0.15) is 5.75 Å². The summed E-state index contributed by atoms with van der Waals surface area (Å²) in [6, 6.07) is 14.8. The van der Waals surface area contributed by atoms with E-state index in [1.165, 1.54) is 6.07 Å². The molecule has 2 aromatic carbocycles. The van der Waals surface area contributed by atoms with Gasteiger partial charge in [-0.05, 0) is 12.1 Å². The molecule has 29 heavy (non-hydrogen) atoms. The molecule has 0 radical (unpaired) electrons. The lowest BCUT2D eigenvalue weighted by Gasteiger charge is -2.38. The van der Waals surface area contributed by atoms with Crippen molar-refractivity contribution in [2.45, 2.75) is 6.54 Å². The van der Waals surface area contributed by atoms with Crippen LogP contribution in [0.4, 0.5) is 11.4 Å². The van der Waals surface area contributed by atoms with Crippen LogP contribution in [-0.4, -0.2) is 56.1 Å². The molecule has 1 N–H and O–H groups in total. The summed E-state index contributed by atoms with van der Waals surface area (Å²) < 4.78 is 5.47. The van der Waals surface area contributed by atoms with E-state index in [4.69, 9.17) is 4.74 Å². The van der Waals surface area contributed by atoms with E-state index in [9.17, 15) is 10.1 Å². The SMILES string of the molecule is CN=C(NCc1ccccc1[N+](=O)[O-])N1CCN(c2ccccc2OC)CC1.I. The Balaban J connectivity index is 0.00000300. The third-order valence-electron chi connectivity index (χ3n) is 4.84. The van der Waals surface area contributed by atoms with Gasteiger partial charge in [0.2, 0.25) is 0 Å². The number of hydrogen-bond donors (Lipinski definition) is 1. The molecule has 2 aromatic rings. The Hall–Kier alpha value is -2.56. The van der Waals surface area contributed by atoms with Gasteiger partial charge in [0.15, 0.2) is 5.96 Å². The van der Waals surface area contributed by atoms with E-state index < -0.39 is 0 Å². The second-order valence-corrected chi connectivity index (χ2v) is 6.43. The highest BCUT2D eigenvalue weighted by Crippen LogP contribution is 2.28. The van der Waals surface area contributed by atoms with Crippen molar-refractivity contribution >= 4 is 41.3 Å². The molecule has 1 heterocycles. The monoisotopic (exact) mass is 511 g/mol. The molecule has 3 rings (SSSR count). The van der Waals surface area contributed by atoms with Crippen molar-refractivity contribution < 1.29 is 9.66 Å². The quantitative estimate of drug-likeness (QED) is 0.219. The predicted octanol–water partition coefficient (Wildman–Crippen LogP) is 3.12. The molecule has 1 aliphatic rings. The first kappa shape index (κ1) is 22.7. The van der Waals surface area contributed by atoms with E-state index in [1.54, 1.807) is 32.4 Å². The van der Waals surface area contributed by atoms with Gasteiger partial charge >= 0.3 is 0 Å². The van der Waals surface area contributed by atoms with Crippen molar-refractivity contribution in [1.29, 1.82) is 0 Å². The van der Waals surface area contributed by atoms with Crippen molar-refractivity contribution in [2.24, 2.45) is 4.99 Å². The number of piperazine rings is 1. The second kappa shape index (κ2) is 10.8. The highest BCUT2D eigenvalue weighted by molar-refractivity contribution is 14.0. The lowest BCUT2D eigenvalue weighted by Crippen LogP contribution is -2.52. The molecule has 0 bridgehead atoms. The van der Waals surface area contributed by atoms with Gasteiger partial charge in [0.05, 0.1) is 17.7 Å². The summed E-state index contributed by atoms with van der Waals surface area (Å²) >= 11 is 0. The minimum absolute atomic E-state index is 0. The molecule has 156 valence electrons. The molecule has 0 saturated carbocycles. The van der Waals surface area contributed by atoms with E-state index in [1.807, 2.05) is 18.2 Å². The van der Waals surface area contributed by atoms with Gasteiger partial charge < -0.3 is 19.9 Å². The lowest BCUT2D eigenvalue weighted by molar-refractivity contribution is -0.385. The van der Waals surface area contributed by atoms with Crippen LogP contribution in [0.25, 0.3) is 0 Å². The van der Waals surface area contributed by atoms with Crippen LogP contribution in [0.15, 0.2) is 53.5 Å². The third kappa shape index (κ3) is 5.49. The molecule has 9 heteroatoms. The Labute approximate surface area is 187 Å². The van der Waals surface area contributed by atoms with Gasteiger partial charge in [-0.2, -0.15) is 0 Å². The van der Waals surface area contributed by atoms with Gasteiger partial charge in [-0.15, -0.1) is 24.0 Å². The molecule has 0 spiro atoms. The van der Waals surface area contributed by atoms with Crippen LogP contribution in [0.1, 0.15) is 5.56 Å².